The van der Waals surface area contributed by atoms with Crippen LogP contribution in [0.2, 0.25) is 0 Å². The topological polar surface area (TPSA) is 12.0 Å². The van der Waals surface area contributed by atoms with Crippen molar-refractivity contribution >= 4 is 11.8 Å². The van der Waals surface area contributed by atoms with E-state index >= 15 is 0 Å². The lowest BCUT2D eigenvalue weighted by Gasteiger charge is -2.40. The van der Waals surface area contributed by atoms with Crippen LogP contribution in [0.1, 0.15) is 25.7 Å². The molecule has 0 bridgehead atoms. The average Bonchev–Trinajstić information content (AvgIpc) is 2.07. The van der Waals surface area contributed by atoms with Gasteiger partial charge in [0, 0.05) is 12.3 Å². The van der Waals surface area contributed by atoms with E-state index in [0.717, 1.165) is 0 Å². The maximum atomic E-state index is 3.53. The van der Waals surface area contributed by atoms with Crippen LogP contribution in [0.3, 0.4) is 0 Å². The van der Waals surface area contributed by atoms with Crippen LogP contribution >= 0.6 is 11.8 Å². The molecule has 1 N–H and O–H groups in total. The highest BCUT2D eigenvalue weighted by atomic mass is 32.2. The normalized spacial score (nSPS) is 39.3. The van der Waals surface area contributed by atoms with Crippen molar-refractivity contribution in [3.05, 3.63) is 0 Å². The van der Waals surface area contributed by atoms with Gasteiger partial charge in [0.15, 0.2) is 0 Å². The quantitative estimate of drug-likeness (QED) is 0.597. The van der Waals surface area contributed by atoms with E-state index in [1.807, 2.05) is 0 Å². The molecular weight excluding hydrogens is 154 g/mol. The van der Waals surface area contributed by atoms with Gasteiger partial charge in [0.25, 0.3) is 0 Å². The summed E-state index contributed by atoms with van der Waals surface area (Å²) in [6, 6.07) is 0. The first kappa shape index (κ1) is 7.93. The van der Waals surface area contributed by atoms with E-state index in [1.54, 1.807) is 0 Å². The van der Waals surface area contributed by atoms with E-state index in [1.165, 1.54) is 50.3 Å². The third-order valence-corrected chi connectivity index (χ3v) is 4.36. The molecule has 0 saturated carbocycles. The van der Waals surface area contributed by atoms with Crippen LogP contribution < -0.4 is 5.32 Å². The first-order valence-corrected chi connectivity index (χ1v) is 5.85. The van der Waals surface area contributed by atoms with Crippen LogP contribution in [0.4, 0.5) is 0 Å². The number of hydrogen-bond donors (Lipinski definition) is 1. The average molecular weight is 171 g/mol. The Hall–Kier alpha value is 0.310. The van der Waals surface area contributed by atoms with E-state index in [-0.39, 0.29) is 0 Å². The van der Waals surface area contributed by atoms with Crippen molar-refractivity contribution in [3.63, 3.8) is 0 Å². The van der Waals surface area contributed by atoms with Gasteiger partial charge in [-0.2, -0.15) is 11.8 Å². The summed E-state index contributed by atoms with van der Waals surface area (Å²) in [6.45, 7) is 2.55. The Balaban J connectivity index is 1.94. The van der Waals surface area contributed by atoms with E-state index in [4.69, 9.17) is 0 Å². The zero-order chi connectivity index (χ0) is 7.57. The van der Waals surface area contributed by atoms with Crippen LogP contribution in [-0.4, -0.2) is 24.6 Å². The van der Waals surface area contributed by atoms with Crippen molar-refractivity contribution in [2.45, 2.75) is 25.7 Å². The maximum absolute atomic E-state index is 3.53. The molecule has 64 valence electrons. The number of nitrogens with one attached hydrogen (secondary N) is 1. The molecule has 1 spiro atoms. The Kier molecular flexibility index (Phi) is 2.42. The highest BCUT2D eigenvalue weighted by Gasteiger charge is 2.33. The van der Waals surface area contributed by atoms with Gasteiger partial charge >= 0.3 is 0 Å². The van der Waals surface area contributed by atoms with Crippen molar-refractivity contribution in [2.24, 2.45) is 5.41 Å². The smallest absolute Gasteiger partial charge is 0.00157 e. The zero-order valence-corrected chi connectivity index (χ0v) is 7.88. The molecule has 2 heterocycles. The summed E-state index contributed by atoms with van der Waals surface area (Å²) in [5.41, 5.74) is 0.709. The summed E-state index contributed by atoms with van der Waals surface area (Å²) >= 11 is 2.16. The fourth-order valence-electron chi connectivity index (χ4n) is 2.28. The first-order chi connectivity index (χ1) is 5.41. The Morgan fingerprint density at radius 1 is 1.18 bits per heavy atom. The molecule has 2 rings (SSSR count). The van der Waals surface area contributed by atoms with Crippen molar-refractivity contribution < 1.29 is 0 Å². The third kappa shape index (κ3) is 1.73. The molecule has 2 heteroatoms. The predicted octanol–water partition coefficient (Wildman–Crippen LogP) is 1.88. The van der Waals surface area contributed by atoms with E-state index in [2.05, 4.69) is 17.1 Å². The van der Waals surface area contributed by atoms with Crippen LogP contribution in [0.5, 0.6) is 0 Å². The van der Waals surface area contributed by atoms with Crippen molar-refractivity contribution in [3.8, 4) is 0 Å². The molecule has 2 aliphatic heterocycles. The molecule has 1 atom stereocenters. The molecule has 1 nitrogen and oxygen atoms in total. The minimum atomic E-state index is 0.709. The summed E-state index contributed by atoms with van der Waals surface area (Å²) in [5.74, 6) is 2.82. The van der Waals surface area contributed by atoms with Gasteiger partial charge in [-0.15, -0.1) is 0 Å². The molecule has 0 amide bonds. The summed E-state index contributed by atoms with van der Waals surface area (Å²) in [6.07, 6.45) is 5.81. The fourth-order valence-corrected chi connectivity index (χ4v) is 3.59. The molecule has 2 aliphatic rings. The van der Waals surface area contributed by atoms with Gasteiger partial charge in [0.1, 0.15) is 0 Å². The summed E-state index contributed by atoms with van der Waals surface area (Å²) < 4.78 is 0. The van der Waals surface area contributed by atoms with Crippen LogP contribution in [0.25, 0.3) is 0 Å². The molecule has 0 aliphatic carbocycles. The molecule has 0 aromatic carbocycles. The predicted molar refractivity (Wildman–Crippen MR) is 51.1 cm³/mol. The van der Waals surface area contributed by atoms with E-state index in [9.17, 15) is 0 Å². The molecule has 11 heavy (non-hydrogen) atoms. The second-order valence-corrected chi connectivity index (χ2v) is 5.04. The van der Waals surface area contributed by atoms with Gasteiger partial charge < -0.3 is 5.32 Å². The number of piperidine rings is 1. The minimum Gasteiger partial charge on any atom is -0.316 e. The van der Waals surface area contributed by atoms with Crippen molar-refractivity contribution in [1.82, 2.24) is 5.32 Å². The highest BCUT2D eigenvalue weighted by Crippen LogP contribution is 2.39. The maximum Gasteiger partial charge on any atom is 0.00157 e. The van der Waals surface area contributed by atoms with Crippen LogP contribution in [0.15, 0.2) is 0 Å². The van der Waals surface area contributed by atoms with Gasteiger partial charge in [-0.25, -0.2) is 0 Å². The SMILES string of the molecule is C1CNCC2(C1)CCCSC2. The fraction of sp³-hybridized carbons (Fsp3) is 1.00. The summed E-state index contributed by atoms with van der Waals surface area (Å²) in [7, 11) is 0. The van der Waals surface area contributed by atoms with Crippen molar-refractivity contribution in [2.75, 3.05) is 24.6 Å². The zero-order valence-electron chi connectivity index (χ0n) is 7.07. The molecule has 1 unspecified atom stereocenters. The molecule has 0 aromatic rings. The van der Waals surface area contributed by atoms with Gasteiger partial charge in [0.2, 0.25) is 0 Å². The Morgan fingerprint density at radius 2 is 2.09 bits per heavy atom. The second kappa shape index (κ2) is 3.36. The van der Waals surface area contributed by atoms with Crippen molar-refractivity contribution in [1.29, 1.82) is 0 Å². The minimum absolute atomic E-state index is 0.709. The molecule has 2 fully saturated rings. The lowest BCUT2D eigenvalue weighted by atomic mass is 9.78. The standard InChI is InChI=1S/C9H17NS/c1-3-9(7-10-5-1)4-2-6-11-8-9/h10H,1-8H2. The Labute approximate surface area is 73.3 Å². The number of rotatable bonds is 0. The van der Waals surface area contributed by atoms with E-state index < -0.39 is 0 Å². The largest absolute Gasteiger partial charge is 0.316 e. The lowest BCUT2D eigenvalue weighted by Crippen LogP contribution is -2.43. The van der Waals surface area contributed by atoms with Gasteiger partial charge in [-0.3, -0.25) is 0 Å². The summed E-state index contributed by atoms with van der Waals surface area (Å²) in [4.78, 5) is 0. The number of hydrogen-bond acceptors (Lipinski definition) is 2. The monoisotopic (exact) mass is 171 g/mol. The number of thioether (sulfide) groups is 1. The van der Waals surface area contributed by atoms with Gasteiger partial charge in [0.05, 0.1) is 0 Å². The van der Waals surface area contributed by atoms with Gasteiger partial charge in [-0.1, -0.05) is 0 Å². The highest BCUT2D eigenvalue weighted by molar-refractivity contribution is 7.99. The first-order valence-electron chi connectivity index (χ1n) is 4.70. The lowest BCUT2D eigenvalue weighted by molar-refractivity contribution is 0.219. The van der Waals surface area contributed by atoms with Crippen LogP contribution in [0, 0.1) is 5.41 Å². The molecule has 0 aromatic heterocycles. The molecular formula is C9H17NS. The van der Waals surface area contributed by atoms with Crippen LogP contribution in [-0.2, 0) is 0 Å². The summed E-state index contributed by atoms with van der Waals surface area (Å²) in [5, 5.41) is 3.53. The molecule has 2 saturated heterocycles. The second-order valence-electron chi connectivity index (χ2n) is 3.94. The van der Waals surface area contributed by atoms with Gasteiger partial charge in [-0.05, 0) is 43.4 Å². The Morgan fingerprint density at radius 3 is 2.73 bits per heavy atom. The van der Waals surface area contributed by atoms with E-state index in [0.29, 0.717) is 5.41 Å². The molecule has 0 radical (unpaired) electrons. The third-order valence-electron chi connectivity index (χ3n) is 2.96. The Bertz CT molecular complexity index is 104.